The van der Waals surface area contributed by atoms with Crippen LogP contribution >= 0.6 is 11.3 Å². The van der Waals surface area contributed by atoms with E-state index in [1.54, 1.807) is 30.1 Å². The highest BCUT2D eigenvalue weighted by atomic mass is 32.1. The number of nitrogens with zero attached hydrogens (tertiary/aromatic N) is 3. The lowest BCUT2D eigenvalue weighted by Crippen LogP contribution is -2.46. The first-order valence-corrected chi connectivity index (χ1v) is 7.47. The summed E-state index contributed by atoms with van der Waals surface area (Å²) >= 11 is 1.54. The van der Waals surface area contributed by atoms with Crippen LogP contribution in [0.25, 0.3) is 0 Å². The highest BCUT2D eigenvalue weighted by Gasteiger charge is 2.21. The van der Waals surface area contributed by atoms with Gasteiger partial charge in [-0.2, -0.15) is 0 Å². The Morgan fingerprint density at radius 2 is 2.15 bits per heavy atom. The van der Waals surface area contributed by atoms with E-state index in [1.807, 2.05) is 31.3 Å². The fourth-order valence-electron chi connectivity index (χ4n) is 1.66. The monoisotopic (exact) mass is 300 g/mol. The maximum atomic E-state index is 12.0. The molecule has 0 saturated heterocycles. The van der Waals surface area contributed by atoms with Crippen LogP contribution in [0, 0.1) is 0 Å². The molecule has 1 aromatic heterocycles. The van der Waals surface area contributed by atoms with Gasteiger partial charge in [0.1, 0.15) is 0 Å². The highest BCUT2D eigenvalue weighted by molar-refractivity contribution is 7.13. The fourth-order valence-corrected chi connectivity index (χ4v) is 2.41. The van der Waals surface area contributed by atoms with Crippen molar-refractivity contribution in [2.45, 2.75) is 32.9 Å². The van der Waals surface area contributed by atoms with Crippen LogP contribution in [0.15, 0.2) is 5.38 Å². The summed E-state index contributed by atoms with van der Waals surface area (Å²) in [5.74, 6) is 0. The number of amides is 2. The number of carbonyl (C=O) groups is 1. The van der Waals surface area contributed by atoms with Crippen LogP contribution < -0.4 is 10.2 Å². The number of aliphatic hydroxyl groups is 1. The highest BCUT2D eigenvalue weighted by Crippen LogP contribution is 2.17. The Balaban J connectivity index is 2.52. The molecule has 7 heteroatoms. The van der Waals surface area contributed by atoms with E-state index < -0.39 is 5.60 Å². The van der Waals surface area contributed by atoms with Gasteiger partial charge in [-0.3, -0.25) is 0 Å². The summed E-state index contributed by atoms with van der Waals surface area (Å²) in [6.07, 6.45) is 0. The van der Waals surface area contributed by atoms with Crippen LogP contribution in [0.1, 0.15) is 26.5 Å². The van der Waals surface area contributed by atoms with Crippen LogP contribution in [0.5, 0.6) is 0 Å². The van der Waals surface area contributed by atoms with Crippen molar-refractivity contribution in [3.05, 3.63) is 11.1 Å². The van der Waals surface area contributed by atoms with Gasteiger partial charge in [-0.25, -0.2) is 9.78 Å². The standard InChI is InChI=1S/C13H24N4O2S/c1-6-17(9-13(2,3)19)11(18)14-7-10-8-20-12(15-10)16(4)5/h8,19H,6-7,9H2,1-5H3,(H,14,18). The number of aromatic nitrogens is 1. The molecule has 0 aliphatic rings. The molecule has 1 rings (SSSR count). The minimum absolute atomic E-state index is 0.186. The molecule has 0 atom stereocenters. The van der Waals surface area contributed by atoms with Crippen molar-refractivity contribution in [3.8, 4) is 0 Å². The number of nitrogens with one attached hydrogen (secondary N) is 1. The van der Waals surface area contributed by atoms with Gasteiger partial charge in [0.05, 0.1) is 24.4 Å². The molecule has 2 N–H and O–H groups in total. The summed E-state index contributed by atoms with van der Waals surface area (Å²) in [6.45, 7) is 6.51. The molecule has 1 aromatic rings. The summed E-state index contributed by atoms with van der Waals surface area (Å²) in [5, 5.41) is 15.5. The van der Waals surface area contributed by atoms with Crippen molar-refractivity contribution in [1.29, 1.82) is 0 Å². The van der Waals surface area contributed by atoms with Crippen molar-refractivity contribution in [2.75, 3.05) is 32.1 Å². The van der Waals surface area contributed by atoms with Gasteiger partial charge < -0.3 is 20.2 Å². The van der Waals surface area contributed by atoms with Gasteiger partial charge in [-0.05, 0) is 20.8 Å². The maximum absolute atomic E-state index is 12.0. The van der Waals surface area contributed by atoms with E-state index in [2.05, 4.69) is 10.3 Å². The van der Waals surface area contributed by atoms with Crippen molar-refractivity contribution in [2.24, 2.45) is 0 Å². The molecule has 20 heavy (non-hydrogen) atoms. The largest absolute Gasteiger partial charge is 0.389 e. The molecule has 6 nitrogen and oxygen atoms in total. The Labute approximate surface area is 124 Å². The molecular formula is C13H24N4O2S. The Morgan fingerprint density at radius 3 is 2.60 bits per heavy atom. The van der Waals surface area contributed by atoms with Crippen molar-refractivity contribution < 1.29 is 9.90 Å². The van der Waals surface area contributed by atoms with E-state index in [4.69, 9.17) is 0 Å². The third-order valence-electron chi connectivity index (χ3n) is 2.59. The van der Waals surface area contributed by atoms with Crippen molar-refractivity contribution in [3.63, 3.8) is 0 Å². The number of anilines is 1. The lowest BCUT2D eigenvalue weighted by atomic mass is 10.1. The molecule has 1 heterocycles. The maximum Gasteiger partial charge on any atom is 0.317 e. The number of carbonyl (C=O) groups excluding carboxylic acids is 1. The molecule has 0 fully saturated rings. The second-order valence-electron chi connectivity index (χ2n) is 5.50. The predicted molar refractivity (Wildman–Crippen MR) is 82.2 cm³/mol. The number of likely N-dealkylation sites (N-methyl/N-ethyl adjacent to an activating group) is 1. The van der Waals surface area contributed by atoms with Crippen LogP contribution in [0.4, 0.5) is 9.93 Å². The number of urea groups is 1. The molecule has 0 aromatic carbocycles. The zero-order chi connectivity index (χ0) is 15.3. The number of hydrogen-bond donors (Lipinski definition) is 2. The van der Waals surface area contributed by atoms with Crippen molar-refractivity contribution in [1.82, 2.24) is 15.2 Å². The van der Waals surface area contributed by atoms with Crippen LogP contribution in [0.3, 0.4) is 0 Å². The predicted octanol–water partition coefficient (Wildman–Crippen LogP) is 1.51. The fraction of sp³-hybridized carbons (Fsp3) is 0.692. The normalized spacial score (nSPS) is 11.3. The number of thiazole rings is 1. The zero-order valence-corrected chi connectivity index (χ0v) is 13.6. The molecule has 0 saturated carbocycles. The molecule has 0 aliphatic carbocycles. The first kappa shape index (κ1) is 16.7. The average molecular weight is 300 g/mol. The second-order valence-corrected chi connectivity index (χ2v) is 6.34. The lowest BCUT2D eigenvalue weighted by Gasteiger charge is -2.28. The molecule has 2 amide bonds. The van der Waals surface area contributed by atoms with Crippen LogP contribution in [-0.4, -0.2) is 53.8 Å². The van der Waals surface area contributed by atoms with Gasteiger partial charge in [0.25, 0.3) is 0 Å². The summed E-state index contributed by atoms with van der Waals surface area (Å²) in [5.41, 5.74) is -0.0575. The van der Waals surface area contributed by atoms with Crippen molar-refractivity contribution >= 4 is 22.5 Å². The van der Waals surface area contributed by atoms with Gasteiger partial charge in [-0.15, -0.1) is 11.3 Å². The molecule has 114 valence electrons. The van der Waals surface area contributed by atoms with E-state index >= 15 is 0 Å². The third-order valence-corrected chi connectivity index (χ3v) is 3.65. The Bertz CT molecular complexity index is 440. The Hall–Kier alpha value is -1.34. The molecular weight excluding hydrogens is 276 g/mol. The number of rotatable bonds is 6. The minimum atomic E-state index is -0.897. The summed E-state index contributed by atoms with van der Waals surface area (Å²) in [4.78, 5) is 20.0. The van der Waals surface area contributed by atoms with Gasteiger partial charge in [0.15, 0.2) is 5.13 Å². The van der Waals surface area contributed by atoms with E-state index in [0.717, 1.165) is 10.8 Å². The quantitative estimate of drug-likeness (QED) is 0.835. The summed E-state index contributed by atoms with van der Waals surface area (Å²) in [6, 6.07) is -0.186. The zero-order valence-electron chi connectivity index (χ0n) is 12.8. The summed E-state index contributed by atoms with van der Waals surface area (Å²) < 4.78 is 0. The first-order chi connectivity index (χ1) is 9.23. The third kappa shape index (κ3) is 5.34. The molecule has 0 bridgehead atoms. The van der Waals surface area contributed by atoms with E-state index in [-0.39, 0.29) is 6.03 Å². The van der Waals surface area contributed by atoms with E-state index in [9.17, 15) is 9.90 Å². The van der Waals surface area contributed by atoms with Crippen LogP contribution in [-0.2, 0) is 6.54 Å². The molecule has 0 aliphatic heterocycles. The topological polar surface area (TPSA) is 68.7 Å². The second kappa shape index (κ2) is 6.90. The SMILES string of the molecule is CCN(CC(C)(C)O)C(=O)NCc1csc(N(C)C)n1. The Kier molecular flexibility index (Phi) is 5.76. The minimum Gasteiger partial charge on any atom is -0.389 e. The smallest absolute Gasteiger partial charge is 0.317 e. The molecule has 0 radical (unpaired) electrons. The van der Waals surface area contributed by atoms with E-state index in [0.29, 0.717) is 19.6 Å². The summed E-state index contributed by atoms with van der Waals surface area (Å²) in [7, 11) is 3.87. The first-order valence-electron chi connectivity index (χ1n) is 6.60. The van der Waals surface area contributed by atoms with Gasteiger partial charge in [0, 0.05) is 26.0 Å². The van der Waals surface area contributed by atoms with Gasteiger partial charge in [-0.1, -0.05) is 0 Å². The van der Waals surface area contributed by atoms with Gasteiger partial charge >= 0.3 is 6.03 Å². The average Bonchev–Trinajstić information content (AvgIpc) is 2.80. The van der Waals surface area contributed by atoms with E-state index in [1.165, 1.54) is 0 Å². The Morgan fingerprint density at radius 1 is 1.50 bits per heavy atom. The number of hydrogen-bond acceptors (Lipinski definition) is 5. The van der Waals surface area contributed by atoms with Gasteiger partial charge in [0.2, 0.25) is 0 Å². The lowest BCUT2D eigenvalue weighted by molar-refractivity contribution is 0.0479. The molecule has 0 spiro atoms. The molecule has 0 unspecified atom stereocenters. The van der Waals surface area contributed by atoms with Crippen LogP contribution in [0.2, 0.25) is 0 Å².